The van der Waals surface area contributed by atoms with E-state index in [-0.39, 0.29) is 0 Å². The van der Waals surface area contributed by atoms with Crippen molar-refractivity contribution in [3.63, 3.8) is 0 Å². The Labute approximate surface area is 164 Å². The van der Waals surface area contributed by atoms with Gasteiger partial charge in [-0.2, -0.15) is 0 Å². The molecule has 27 heavy (non-hydrogen) atoms. The van der Waals surface area contributed by atoms with Crippen molar-refractivity contribution in [3.8, 4) is 0 Å². The first-order valence-electron chi connectivity index (χ1n) is 11.9. The number of rotatable bonds is 2. The van der Waals surface area contributed by atoms with E-state index in [2.05, 4.69) is 36.4 Å². The molecule has 6 rings (SSSR count). The first-order chi connectivity index (χ1) is 13.4. The van der Waals surface area contributed by atoms with Crippen LogP contribution in [0.15, 0.2) is 36.4 Å². The van der Waals surface area contributed by atoms with Gasteiger partial charge in [-0.25, -0.2) is 0 Å². The topological polar surface area (TPSA) is 0 Å². The minimum atomic E-state index is 0.834. The molecule has 0 aromatic heterocycles. The van der Waals surface area contributed by atoms with Crippen LogP contribution in [-0.2, 0) is 0 Å². The summed E-state index contributed by atoms with van der Waals surface area (Å²) < 4.78 is 0. The molecule has 2 aromatic carbocycles. The molecule has 142 valence electrons. The summed E-state index contributed by atoms with van der Waals surface area (Å²) in [6.45, 7) is 0. The molecule has 0 aliphatic heterocycles. The van der Waals surface area contributed by atoms with Gasteiger partial charge >= 0.3 is 0 Å². The van der Waals surface area contributed by atoms with Crippen LogP contribution in [0.2, 0.25) is 0 Å². The maximum Gasteiger partial charge on any atom is -0.00528 e. The second-order valence-corrected chi connectivity index (χ2v) is 10.2. The summed E-state index contributed by atoms with van der Waals surface area (Å²) in [5.74, 6) is 5.59. The molecular weight excluding hydrogens is 324 g/mol. The first-order valence-corrected chi connectivity index (χ1v) is 11.9. The molecule has 0 nitrogen and oxygen atoms in total. The number of hydrogen-bond acceptors (Lipinski definition) is 0. The second kappa shape index (κ2) is 6.64. The van der Waals surface area contributed by atoms with Crippen molar-refractivity contribution in [3.05, 3.63) is 47.5 Å². The van der Waals surface area contributed by atoms with Crippen LogP contribution in [0, 0.1) is 23.7 Å². The zero-order valence-electron chi connectivity index (χ0n) is 16.7. The zero-order chi connectivity index (χ0) is 17.8. The van der Waals surface area contributed by atoms with Crippen molar-refractivity contribution in [1.82, 2.24) is 0 Å². The number of benzene rings is 2. The number of fused-ring (bicyclic) bond motifs is 3. The van der Waals surface area contributed by atoms with Gasteiger partial charge in [-0.15, -0.1) is 0 Å². The summed E-state index contributed by atoms with van der Waals surface area (Å²) in [6, 6.07) is 14.4. The molecule has 0 amide bonds. The largest absolute Gasteiger partial charge is 0.0613 e. The maximum absolute atomic E-state index is 2.51. The first kappa shape index (κ1) is 16.6. The lowest BCUT2D eigenvalue weighted by Crippen LogP contribution is -2.21. The fraction of sp³-hybridized carbons (Fsp3) is 0.630. The van der Waals surface area contributed by atoms with Gasteiger partial charge in [0, 0.05) is 0 Å². The molecule has 3 saturated carbocycles. The van der Waals surface area contributed by atoms with E-state index in [9.17, 15) is 0 Å². The Bertz CT molecular complexity index is 756. The van der Waals surface area contributed by atoms with Gasteiger partial charge < -0.3 is 0 Å². The average molecular weight is 359 g/mol. The Morgan fingerprint density at radius 1 is 0.556 bits per heavy atom. The van der Waals surface area contributed by atoms with E-state index in [1.807, 2.05) is 0 Å². The molecule has 0 spiro atoms. The summed E-state index contributed by atoms with van der Waals surface area (Å²) in [5.41, 5.74) is 3.48. The summed E-state index contributed by atoms with van der Waals surface area (Å²) >= 11 is 0. The molecule has 4 atom stereocenters. The predicted molar refractivity (Wildman–Crippen MR) is 114 cm³/mol. The van der Waals surface area contributed by atoms with Crippen LogP contribution in [0.5, 0.6) is 0 Å². The van der Waals surface area contributed by atoms with Crippen molar-refractivity contribution in [1.29, 1.82) is 0 Å². The van der Waals surface area contributed by atoms with E-state index in [0.29, 0.717) is 0 Å². The van der Waals surface area contributed by atoms with E-state index in [0.717, 1.165) is 35.5 Å². The Kier molecular flexibility index (Phi) is 4.09. The van der Waals surface area contributed by atoms with Crippen LogP contribution in [0.3, 0.4) is 0 Å². The molecule has 4 aliphatic carbocycles. The Morgan fingerprint density at radius 3 is 1.52 bits per heavy atom. The number of hydrogen-bond donors (Lipinski definition) is 0. The Morgan fingerprint density at radius 2 is 1.04 bits per heavy atom. The predicted octanol–water partition coefficient (Wildman–Crippen LogP) is 7.82. The third kappa shape index (κ3) is 2.55. The smallest absolute Gasteiger partial charge is 0.00528 e. The van der Waals surface area contributed by atoms with Gasteiger partial charge in [-0.1, -0.05) is 101 Å². The monoisotopic (exact) mass is 358 g/mol. The summed E-state index contributed by atoms with van der Waals surface area (Å²) in [5, 5.41) is 3.17. The maximum atomic E-state index is 2.51. The van der Waals surface area contributed by atoms with Crippen molar-refractivity contribution in [2.24, 2.45) is 23.7 Å². The highest BCUT2D eigenvalue weighted by Gasteiger charge is 2.52. The molecule has 0 radical (unpaired) electrons. The lowest BCUT2D eigenvalue weighted by Gasteiger charge is -2.32. The average Bonchev–Trinajstić information content (AvgIpc) is 3.28. The molecule has 2 aromatic rings. The van der Waals surface area contributed by atoms with E-state index in [1.54, 1.807) is 16.5 Å². The van der Waals surface area contributed by atoms with Crippen LogP contribution in [0.4, 0.5) is 0 Å². The highest BCUT2D eigenvalue weighted by Crippen LogP contribution is 2.65. The van der Waals surface area contributed by atoms with Crippen LogP contribution in [-0.4, -0.2) is 0 Å². The third-order valence-electron chi connectivity index (χ3n) is 9.05. The molecule has 0 heteroatoms. The lowest BCUT2D eigenvalue weighted by atomic mass is 9.73. The molecular formula is C27H34. The summed E-state index contributed by atoms with van der Waals surface area (Å²) in [4.78, 5) is 0. The van der Waals surface area contributed by atoms with Crippen molar-refractivity contribution in [2.45, 2.75) is 82.5 Å². The molecule has 0 saturated heterocycles. The van der Waals surface area contributed by atoms with Crippen LogP contribution < -0.4 is 0 Å². The molecule has 0 N–H and O–H groups in total. The van der Waals surface area contributed by atoms with E-state index >= 15 is 0 Å². The lowest BCUT2D eigenvalue weighted by molar-refractivity contribution is 0.207. The Balaban J connectivity index is 1.46. The molecule has 4 aliphatic rings. The van der Waals surface area contributed by atoms with Gasteiger partial charge in [0.25, 0.3) is 0 Å². The standard InChI is InChI=1S/C27H34/c1-3-9-18(10-4-1)23-17-24(19-11-5-2-6-12-19)27-22-16-8-14-20-13-7-15-21(25(20)22)26(23)27/h7-8,13-16,18-19,23-24,26-27H,1-6,9-12,17H2. The van der Waals surface area contributed by atoms with Crippen LogP contribution >= 0.6 is 0 Å². The highest BCUT2D eigenvalue weighted by atomic mass is 14.6. The fourth-order valence-corrected chi connectivity index (χ4v) is 8.04. The van der Waals surface area contributed by atoms with Crippen LogP contribution in [0.25, 0.3) is 10.8 Å². The third-order valence-corrected chi connectivity index (χ3v) is 9.05. The van der Waals surface area contributed by atoms with Gasteiger partial charge in [0.15, 0.2) is 0 Å². The van der Waals surface area contributed by atoms with Gasteiger partial charge in [0.1, 0.15) is 0 Å². The van der Waals surface area contributed by atoms with Crippen molar-refractivity contribution in [2.75, 3.05) is 0 Å². The van der Waals surface area contributed by atoms with Gasteiger partial charge in [0.05, 0.1) is 0 Å². The van der Waals surface area contributed by atoms with Crippen LogP contribution in [0.1, 0.15) is 93.6 Å². The normalized spacial score (nSPS) is 34.2. The van der Waals surface area contributed by atoms with E-state index in [4.69, 9.17) is 0 Å². The van der Waals surface area contributed by atoms with Gasteiger partial charge in [-0.05, 0) is 63.8 Å². The van der Waals surface area contributed by atoms with Crippen molar-refractivity contribution < 1.29 is 0 Å². The molecule has 0 bridgehead atoms. The molecule has 4 unspecified atom stereocenters. The quantitative estimate of drug-likeness (QED) is 0.513. The molecule has 3 fully saturated rings. The fourth-order valence-electron chi connectivity index (χ4n) is 8.04. The Hall–Kier alpha value is -1.30. The van der Waals surface area contributed by atoms with Crippen molar-refractivity contribution >= 4 is 10.8 Å². The molecule has 0 heterocycles. The van der Waals surface area contributed by atoms with Gasteiger partial charge in [-0.3, -0.25) is 0 Å². The SMILES string of the molecule is c1cc2c3c(cccc3c1)C1C(C3CCCCC3)CC(C3CCCCC3)C21. The minimum absolute atomic E-state index is 0.834. The highest BCUT2D eigenvalue weighted by molar-refractivity contribution is 5.92. The second-order valence-electron chi connectivity index (χ2n) is 10.2. The summed E-state index contributed by atoms with van der Waals surface area (Å²) in [7, 11) is 0. The van der Waals surface area contributed by atoms with E-state index in [1.165, 1.54) is 76.0 Å². The summed E-state index contributed by atoms with van der Waals surface area (Å²) in [6.07, 6.45) is 16.5. The van der Waals surface area contributed by atoms with Gasteiger partial charge in [0.2, 0.25) is 0 Å². The minimum Gasteiger partial charge on any atom is -0.0613 e. The zero-order valence-corrected chi connectivity index (χ0v) is 16.7. The van der Waals surface area contributed by atoms with E-state index < -0.39 is 0 Å².